The van der Waals surface area contributed by atoms with E-state index in [1.165, 1.54) is 20.1 Å². The number of nitrogens with one attached hydrogen (secondary N) is 1. The van der Waals surface area contributed by atoms with Gasteiger partial charge in [-0.05, 0) is 31.5 Å². The van der Waals surface area contributed by atoms with Crippen molar-refractivity contribution < 1.29 is 23.5 Å². The molecule has 0 aliphatic carbocycles. The lowest BCUT2D eigenvalue weighted by Crippen LogP contribution is -2.41. The van der Waals surface area contributed by atoms with Crippen molar-refractivity contribution in [2.45, 2.75) is 19.9 Å². The van der Waals surface area contributed by atoms with Crippen LogP contribution in [0.2, 0.25) is 0 Å². The van der Waals surface area contributed by atoms with Gasteiger partial charge in [-0.15, -0.1) is 0 Å². The molecular weight excluding hydrogens is 302 g/mol. The third-order valence-electron chi connectivity index (χ3n) is 3.22. The Bertz CT molecular complexity index is 795. The SMILES string of the molecule is COC(=O)C(C)NC(=O)COc1ccc2c(C)cc(=O)oc2c1. The highest BCUT2D eigenvalue weighted by Gasteiger charge is 2.16. The molecule has 0 fully saturated rings. The third-order valence-corrected chi connectivity index (χ3v) is 3.22. The molecule has 0 spiro atoms. The van der Waals surface area contributed by atoms with E-state index in [1.54, 1.807) is 25.1 Å². The van der Waals surface area contributed by atoms with Gasteiger partial charge in [0.1, 0.15) is 17.4 Å². The number of carbonyl (C=O) groups is 2. The van der Waals surface area contributed by atoms with Crippen LogP contribution in [0.4, 0.5) is 0 Å². The van der Waals surface area contributed by atoms with Crippen LogP contribution in [0, 0.1) is 6.92 Å². The minimum atomic E-state index is -0.756. The zero-order valence-corrected chi connectivity index (χ0v) is 13.0. The van der Waals surface area contributed by atoms with E-state index in [4.69, 9.17) is 9.15 Å². The van der Waals surface area contributed by atoms with Crippen LogP contribution in [0.5, 0.6) is 5.75 Å². The van der Waals surface area contributed by atoms with E-state index in [9.17, 15) is 14.4 Å². The molecule has 0 aliphatic heterocycles. The van der Waals surface area contributed by atoms with Crippen molar-refractivity contribution >= 4 is 22.8 Å². The maximum Gasteiger partial charge on any atom is 0.336 e. The molecule has 0 bridgehead atoms. The fourth-order valence-corrected chi connectivity index (χ4v) is 2.06. The molecule has 1 heterocycles. The van der Waals surface area contributed by atoms with E-state index >= 15 is 0 Å². The molecule has 0 aliphatic rings. The maximum atomic E-state index is 11.7. The second-order valence-electron chi connectivity index (χ2n) is 5.01. The highest BCUT2D eigenvalue weighted by molar-refractivity contribution is 5.85. The highest BCUT2D eigenvalue weighted by atomic mass is 16.5. The van der Waals surface area contributed by atoms with Gasteiger partial charge in [0.25, 0.3) is 5.91 Å². The number of amides is 1. The van der Waals surface area contributed by atoms with Gasteiger partial charge >= 0.3 is 11.6 Å². The Morgan fingerprint density at radius 2 is 2.04 bits per heavy atom. The Labute approximate surface area is 132 Å². The summed E-state index contributed by atoms with van der Waals surface area (Å²) >= 11 is 0. The fourth-order valence-electron chi connectivity index (χ4n) is 2.06. The summed E-state index contributed by atoms with van der Waals surface area (Å²) < 4.78 is 15.0. The van der Waals surface area contributed by atoms with Crippen molar-refractivity contribution in [1.29, 1.82) is 0 Å². The molecule has 1 atom stereocenters. The Kier molecular flexibility index (Phi) is 5.00. The molecule has 1 aromatic carbocycles. The molecule has 23 heavy (non-hydrogen) atoms. The van der Waals surface area contributed by atoms with Crippen LogP contribution < -0.4 is 15.7 Å². The lowest BCUT2D eigenvalue weighted by atomic mass is 10.1. The predicted molar refractivity (Wildman–Crippen MR) is 82.3 cm³/mol. The van der Waals surface area contributed by atoms with Crippen LogP contribution in [-0.4, -0.2) is 31.6 Å². The fraction of sp³-hybridized carbons (Fsp3) is 0.312. The van der Waals surface area contributed by atoms with Crippen LogP contribution in [0.15, 0.2) is 33.5 Å². The molecule has 2 aromatic rings. The molecule has 1 N–H and O–H groups in total. The topological polar surface area (TPSA) is 94.8 Å². The number of rotatable bonds is 5. The van der Waals surface area contributed by atoms with Crippen molar-refractivity contribution in [1.82, 2.24) is 5.32 Å². The normalized spacial score (nSPS) is 11.8. The standard InChI is InChI=1S/C16H17NO6/c1-9-6-15(19)23-13-7-11(4-5-12(9)13)22-8-14(18)17-10(2)16(20)21-3/h4-7,10H,8H2,1-3H3,(H,17,18). The van der Waals surface area contributed by atoms with Crippen LogP contribution >= 0.6 is 0 Å². The summed E-state index contributed by atoms with van der Waals surface area (Å²) in [7, 11) is 1.24. The van der Waals surface area contributed by atoms with Crippen molar-refractivity contribution in [3.8, 4) is 5.75 Å². The molecule has 7 nitrogen and oxygen atoms in total. The first-order chi connectivity index (χ1) is 10.9. The van der Waals surface area contributed by atoms with E-state index in [0.717, 1.165) is 10.9 Å². The van der Waals surface area contributed by atoms with Gasteiger partial charge in [-0.2, -0.15) is 0 Å². The monoisotopic (exact) mass is 319 g/mol. The summed E-state index contributed by atoms with van der Waals surface area (Å²) in [6.07, 6.45) is 0. The quantitative estimate of drug-likeness (QED) is 0.656. The van der Waals surface area contributed by atoms with Gasteiger partial charge in [0.15, 0.2) is 6.61 Å². The minimum Gasteiger partial charge on any atom is -0.484 e. The Hall–Kier alpha value is -2.83. The average molecular weight is 319 g/mol. The second-order valence-corrected chi connectivity index (χ2v) is 5.01. The number of aryl methyl sites for hydroxylation is 1. The Morgan fingerprint density at radius 3 is 2.74 bits per heavy atom. The van der Waals surface area contributed by atoms with Gasteiger partial charge in [0.05, 0.1) is 7.11 Å². The number of methoxy groups -OCH3 is 1. The summed E-state index contributed by atoms with van der Waals surface area (Å²) in [6.45, 7) is 3.04. The lowest BCUT2D eigenvalue weighted by Gasteiger charge is -2.12. The zero-order valence-electron chi connectivity index (χ0n) is 13.0. The number of fused-ring (bicyclic) bond motifs is 1. The molecule has 0 saturated heterocycles. The van der Waals surface area contributed by atoms with E-state index < -0.39 is 23.5 Å². The van der Waals surface area contributed by atoms with Gasteiger partial charge in [0, 0.05) is 17.5 Å². The molecule has 1 aromatic heterocycles. The smallest absolute Gasteiger partial charge is 0.336 e. The zero-order chi connectivity index (χ0) is 17.0. The van der Waals surface area contributed by atoms with Gasteiger partial charge in [-0.3, -0.25) is 4.79 Å². The highest BCUT2D eigenvalue weighted by Crippen LogP contribution is 2.22. The molecule has 122 valence electrons. The van der Waals surface area contributed by atoms with Crippen LogP contribution in [0.3, 0.4) is 0 Å². The molecule has 0 radical (unpaired) electrons. The van der Waals surface area contributed by atoms with Crippen molar-refractivity contribution in [2.75, 3.05) is 13.7 Å². The van der Waals surface area contributed by atoms with Crippen molar-refractivity contribution in [3.63, 3.8) is 0 Å². The molecule has 2 rings (SSSR count). The number of esters is 1. The minimum absolute atomic E-state index is 0.275. The number of hydrogen-bond acceptors (Lipinski definition) is 6. The van der Waals surface area contributed by atoms with E-state index in [2.05, 4.69) is 10.1 Å². The van der Waals surface area contributed by atoms with Crippen molar-refractivity contribution in [3.05, 3.63) is 40.2 Å². The van der Waals surface area contributed by atoms with E-state index in [1.807, 2.05) is 0 Å². The molecule has 7 heteroatoms. The second kappa shape index (κ2) is 6.95. The summed E-state index contributed by atoms with van der Waals surface area (Å²) in [5.74, 6) is -0.623. The lowest BCUT2D eigenvalue weighted by molar-refractivity contribution is -0.144. The number of hydrogen-bond donors (Lipinski definition) is 1. The van der Waals surface area contributed by atoms with Gasteiger partial charge in [-0.25, -0.2) is 9.59 Å². The molecule has 0 saturated carbocycles. The summed E-state index contributed by atoms with van der Waals surface area (Å²) in [5.41, 5.74) is 0.736. The van der Waals surface area contributed by atoms with Crippen molar-refractivity contribution in [2.24, 2.45) is 0 Å². The van der Waals surface area contributed by atoms with Gasteiger partial charge < -0.3 is 19.2 Å². The average Bonchev–Trinajstić information content (AvgIpc) is 2.51. The number of benzene rings is 1. The first-order valence-corrected chi connectivity index (χ1v) is 6.95. The Balaban J connectivity index is 2.03. The predicted octanol–water partition coefficient (Wildman–Crippen LogP) is 1.16. The van der Waals surface area contributed by atoms with E-state index in [0.29, 0.717) is 11.3 Å². The van der Waals surface area contributed by atoms with Crippen LogP contribution in [0.25, 0.3) is 11.0 Å². The first kappa shape index (κ1) is 16.5. The molecule has 1 unspecified atom stereocenters. The molecule has 1 amide bonds. The number of ether oxygens (including phenoxy) is 2. The molecular formula is C16H17NO6. The van der Waals surface area contributed by atoms with Crippen LogP contribution in [-0.2, 0) is 14.3 Å². The first-order valence-electron chi connectivity index (χ1n) is 6.95. The third kappa shape index (κ3) is 4.09. The van der Waals surface area contributed by atoms with Gasteiger partial charge in [0.2, 0.25) is 0 Å². The Morgan fingerprint density at radius 1 is 1.30 bits per heavy atom. The summed E-state index contributed by atoms with van der Waals surface area (Å²) in [4.78, 5) is 34.3. The summed E-state index contributed by atoms with van der Waals surface area (Å²) in [5, 5.41) is 3.24. The summed E-state index contributed by atoms with van der Waals surface area (Å²) in [6, 6.07) is 5.61. The largest absolute Gasteiger partial charge is 0.484 e. The van der Waals surface area contributed by atoms with Gasteiger partial charge in [-0.1, -0.05) is 0 Å². The maximum absolute atomic E-state index is 11.7. The van der Waals surface area contributed by atoms with Crippen LogP contribution in [0.1, 0.15) is 12.5 Å². The van der Waals surface area contributed by atoms with E-state index in [-0.39, 0.29) is 6.61 Å². The number of carbonyl (C=O) groups excluding carboxylic acids is 2.